The lowest BCUT2D eigenvalue weighted by molar-refractivity contribution is -0.122. The number of amides is 1. The fourth-order valence-corrected chi connectivity index (χ4v) is 3.99. The Labute approximate surface area is 181 Å². The number of hydrogen-bond acceptors (Lipinski definition) is 3. The van der Waals surface area contributed by atoms with Crippen LogP contribution in [0.3, 0.4) is 0 Å². The number of aromatic nitrogens is 3. The zero-order chi connectivity index (χ0) is 22.0. The summed E-state index contributed by atoms with van der Waals surface area (Å²) in [4.78, 5) is 30.8. The van der Waals surface area contributed by atoms with Crippen LogP contribution in [0.5, 0.6) is 0 Å². The molecule has 2 heterocycles. The van der Waals surface area contributed by atoms with Crippen LogP contribution in [0.1, 0.15) is 38.7 Å². The predicted octanol–water partition coefficient (Wildman–Crippen LogP) is 4.07. The Morgan fingerprint density at radius 1 is 1.06 bits per heavy atom. The number of rotatable bonds is 7. The van der Waals surface area contributed by atoms with E-state index in [1.807, 2.05) is 56.3 Å². The number of fused-ring (bicyclic) bond motifs is 3. The molecule has 31 heavy (non-hydrogen) atoms. The van der Waals surface area contributed by atoms with Crippen molar-refractivity contribution in [2.24, 2.45) is 0 Å². The second-order valence-electron chi connectivity index (χ2n) is 8.19. The third kappa shape index (κ3) is 4.10. The van der Waals surface area contributed by atoms with E-state index < -0.39 is 0 Å². The first-order valence-corrected chi connectivity index (χ1v) is 10.8. The Morgan fingerprint density at radius 3 is 2.52 bits per heavy atom. The fraction of sp³-hybridized carbons (Fsp3) is 0.320. The first-order valence-electron chi connectivity index (χ1n) is 10.8. The highest BCUT2D eigenvalue weighted by molar-refractivity contribution is 6.06. The van der Waals surface area contributed by atoms with Crippen LogP contribution in [-0.2, 0) is 17.9 Å². The monoisotopic (exact) mass is 416 g/mol. The van der Waals surface area contributed by atoms with Gasteiger partial charge in [-0.05, 0) is 30.9 Å². The highest BCUT2D eigenvalue weighted by Gasteiger charge is 2.19. The van der Waals surface area contributed by atoms with Gasteiger partial charge in [-0.1, -0.05) is 62.4 Å². The maximum atomic E-state index is 13.5. The van der Waals surface area contributed by atoms with E-state index in [-0.39, 0.29) is 30.0 Å². The molecule has 1 amide bonds. The van der Waals surface area contributed by atoms with E-state index in [0.29, 0.717) is 17.6 Å². The van der Waals surface area contributed by atoms with Crippen molar-refractivity contribution in [2.75, 3.05) is 0 Å². The van der Waals surface area contributed by atoms with Crippen molar-refractivity contribution < 1.29 is 4.79 Å². The van der Waals surface area contributed by atoms with Gasteiger partial charge in [-0.15, -0.1) is 0 Å². The first-order chi connectivity index (χ1) is 15.0. The number of carbonyl (C=O) groups is 1. The average Bonchev–Trinajstić information content (AvgIpc) is 3.10. The summed E-state index contributed by atoms with van der Waals surface area (Å²) in [7, 11) is 0. The van der Waals surface area contributed by atoms with E-state index >= 15 is 0 Å². The highest BCUT2D eigenvalue weighted by Crippen LogP contribution is 2.25. The Hall–Kier alpha value is -3.41. The van der Waals surface area contributed by atoms with E-state index in [1.165, 1.54) is 5.56 Å². The maximum Gasteiger partial charge on any atom is 0.277 e. The Bertz CT molecular complexity index is 1270. The Balaban J connectivity index is 1.78. The molecule has 2 atom stereocenters. The van der Waals surface area contributed by atoms with Crippen molar-refractivity contribution in [1.29, 1.82) is 0 Å². The number of carbonyl (C=O) groups excluding carboxylic acids is 1. The van der Waals surface area contributed by atoms with E-state index in [2.05, 4.69) is 29.4 Å². The van der Waals surface area contributed by atoms with Crippen LogP contribution in [0, 0.1) is 0 Å². The van der Waals surface area contributed by atoms with Crippen molar-refractivity contribution in [3.05, 3.63) is 76.8 Å². The summed E-state index contributed by atoms with van der Waals surface area (Å²) in [5.41, 5.74) is 3.00. The Morgan fingerprint density at radius 2 is 1.77 bits per heavy atom. The van der Waals surface area contributed by atoms with Crippen molar-refractivity contribution >= 4 is 27.8 Å². The van der Waals surface area contributed by atoms with Gasteiger partial charge in [-0.3, -0.25) is 14.2 Å². The normalized spacial score (nSPS) is 13.4. The van der Waals surface area contributed by atoms with Gasteiger partial charge in [0, 0.05) is 18.0 Å². The molecule has 4 aromatic rings. The third-order valence-electron chi connectivity index (χ3n) is 5.89. The number of hydrogen-bond donors (Lipinski definition) is 1. The molecule has 0 aliphatic heterocycles. The summed E-state index contributed by atoms with van der Waals surface area (Å²) in [5, 5.41) is 3.88. The highest BCUT2D eigenvalue weighted by atomic mass is 16.2. The van der Waals surface area contributed by atoms with Gasteiger partial charge in [0.05, 0.1) is 11.8 Å². The molecule has 0 spiro atoms. The molecule has 0 bridgehead atoms. The van der Waals surface area contributed by atoms with Crippen molar-refractivity contribution in [2.45, 2.75) is 52.2 Å². The lowest BCUT2D eigenvalue weighted by Crippen LogP contribution is -2.35. The van der Waals surface area contributed by atoms with Gasteiger partial charge in [0.15, 0.2) is 0 Å². The SMILES string of the molecule is CCC(C)NC(=O)Cn1c2ccccc2c2ncn(CC(C)c3ccccc3)c(=O)c21. The Kier molecular flexibility index (Phi) is 5.89. The molecule has 2 unspecified atom stereocenters. The average molecular weight is 417 g/mol. The molecule has 2 aromatic heterocycles. The number of nitrogens with zero attached hydrogens (tertiary/aromatic N) is 3. The van der Waals surface area contributed by atoms with Gasteiger partial charge in [0.2, 0.25) is 5.91 Å². The quantitative estimate of drug-likeness (QED) is 0.494. The van der Waals surface area contributed by atoms with Crippen LogP contribution < -0.4 is 10.9 Å². The van der Waals surface area contributed by atoms with Crippen LogP contribution >= 0.6 is 0 Å². The molecule has 0 aliphatic carbocycles. The number of para-hydroxylation sites is 1. The molecule has 6 nitrogen and oxygen atoms in total. The first kappa shape index (κ1) is 20.8. The molecule has 0 saturated heterocycles. The lowest BCUT2D eigenvalue weighted by Gasteiger charge is -2.15. The molecule has 0 fully saturated rings. The number of nitrogens with one attached hydrogen (secondary N) is 1. The van der Waals surface area contributed by atoms with Gasteiger partial charge in [-0.25, -0.2) is 4.98 Å². The van der Waals surface area contributed by atoms with Gasteiger partial charge >= 0.3 is 0 Å². The van der Waals surface area contributed by atoms with Crippen LogP contribution in [0.4, 0.5) is 0 Å². The topological polar surface area (TPSA) is 68.9 Å². The molecular formula is C25H28N4O2. The van der Waals surface area contributed by atoms with Crippen LogP contribution in [0.15, 0.2) is 65.7 Å². The van der Waals surface area contributed by atoms with E-state index in [9.17, 15) is 9.59 Å². The summed E-state index contributed by atoms with van der Waals surface area (Å²) in [6.07, 6.45) is 2.48. The second kappa shape index (κ2) is 8.76. The van der Waals surface area contributed by atoms with E-state index in [4.69, 9.17) is 0 Å². The minimum atomic E-state index is -0.125. The molecular weight excluding hydrogens is 388 g/mol. The summed E-state index contributed by atoms with van der Waals surface area (Å²) in [6.45, 7) is 6.71. The van der Waals surface area contributed by atoms with Crippen molar-refractivity contribution in [3.8, 4) is 0 Å². The van der Waals surface area contributed by atoms with Crippen LogP contribution in [0.25, 0.3) is 21.9 Å². The molecule has 160 valence electrons. The van der Waals surface area contributed by atoms with Crippen LogP contribution in [-0.4, -0.2) is 26.1 Å². The molecule has 0 aliphatic rings. The van der Waals surface area contributed by atoms with Gasteiger partial charge in [0.1, 0.15) is 17.6 Å². The molecule has 1 N–H and O–H groups in total. The molecule has 0 saturated carbocycles. The molecule has 4 rings (SSSR count). The number of benzene rings is 2. The fourth-order valence-electron chi connectivity index (χ4n) is 3.99. The summed E-state index contributed by atoms with van der Waals surface area (Å²) < 4.78 is 3.46. The smallest absolute Gasteiger partial charge is 0.277 e. The van der Waals surface area contributed by atoms with Gasteiger partial charge in [-0.2, -0.15) is 0 Å². The predicted molar refractivity (Wildman–Crippen MR) is 124 cm³/mol. The van der Waals surface area contributed by atoms with Crippen LogP contribution in [0.2, 0.25) is 0 Å². The second-order valence-corrected chi connectivity index (χ2v) is 8.19. The maximum absolute atomic E-state index is 13.5. The third-order valence-corrected chi connectivity index (χ3v) is 5.89. The van der Waals surface area contributed by atoms with Gasteiger partial charge < -0.3 is 9.88 Å². The summed E-state index contributed by atoms with van der Waals surface area (Å²) in [6, 6.07) is 17.9. The molecule has 6 heteroatoms. The molecule has 2 aromatic carbocycles. The summed E-state index contributed by atoms with van der Waals surface area (Å²) >= 11 is 0. The minimum absolute atomic E-state index is 0.0853. The standard InChI is InChI=1S/C25H28N4O2/c1-4-18(3)27-22(30)15-29-21-13-9-8-12-20(21)23-24(29)25(31)28(16-26-23)14-17(2)19-10-6-5-7-11-19/h5-13,16-18H,4,14-15H2,1-3H3,(H,27,30). The van der Waals surface area contributed by atoms with Crippen molar-refractivity contribution in [1.82, 2.24) is 19.4 Å². The zero-order valence-electron chi connectivity index (χ0n) is 18.2. The van der Waals surface area contributed by atoms with E-state index in [1.54, 1.807) is 15.5 Å². The molecule has 0 radical (unpaired) electrons. The van der Waals surface area contributed by atoms with Gasteiger partial charge in [0.25, 0.3) is 5.56 Å². The zero-order valence-corrected chi connectivity index (χ0v) is 18.2. The van der Waals surface area contributed by atoms with Crippen molar-refractivity contribution in [3.63, 3.8) is 0 Å². The van der Waals surface area contributed by atoms with E-state index in [0.717, 1.165) is 17.3 Å². The minimum Gasteiger partial charge on any atom is -0.352 e. The largest absolute Gasteiger partial charge is 0.352 e. The summed E-state index contributed by atoms with van der Waals surface area (Å²) in [5.74, 6) is 0.0501. The lowest BCUT2D eigenvalue weighted by atomic mass is 10.0.